The lowest BCUT2D eigenvalue weighted by Gasteiger charge is -2.20. The number of carbonyl (C=O) groups excluding carboxylic acids is 2. The van der Waals surface area contributed by atoms with E-state index in [9.17, 15) is 29.3 Å². The lowest BCUT2D eigenvalue weighted by atomic mass is 9.99. The van der Waals surface area contributed by atoms with Crippen LogP contribution in [-0.4, -0.2) is 76.9 Å². The normalized spacial score (nSPS) is 15.4. The maximum Gasteiger partial charge on any atom is 0.472 e. The Hall–Kier alpha value is -2.37. The quantitative estimate of drug-likeness (QED) is 0.0152. The van der Waals surface area contributed by atoms with Crippen LogP contribution in [0.3, 0.4) is 0 Å². The molecule has 59 heavy (non-hydrogen) atoms. The summed E-state index contributed by atoms with van der Waals surface area (Å²) in [5.74, 6) is -0.263. The van der Waals surface area contributed by atoms with Gasteiger partial charge in [0.05, 0.1) is 25.9 Å². The Morgan fingerprint density at radius 2 is 1.12 bits per heavy atom. The van der Waals surface area contributed by atoms with Crippen LogP contribution in [0, 0.1) is 5.92 Å². The first-order valence-electron chi connectivity index (χ1n) is 22.7. The van der Waals surface area contributed by atoms with E-state index in [1.807, 2.05) is 12.2 Å². The van der Waals surface area contributed by atoms with Crippen molar-refractivity contribution in [1.29, 1.82) is 0 Å². The minimum absolute atomic E-state index is 0.0476. The molecule has 0 aliphatic carbocycles. The molecule has 0 aromatic carbocycles. The van der Waals surface area contributed by atoms with Gasteiger partial charge in [-0.25, -0.2) is 4.57 Å². The number of allylic oxidation sites excluding steroid dienone is 9. The fourth-order valence-corrected chi connectivity index (χ4v) is 6.73. The number of aliphatic hydroxyl groups is 3. The van der Waals surface area contributed by atoms with Crippen molar-refractivity contribution in [2.75, 3.05) is 26.4 Å². The van der Waals surface area contributed by atoms with Gasteiger partial charge in [-0.05, 0) is 50.9 Å². The molecule has 11 nitrogen and oxygen atoms in total. The Morgan fingerprint density at radius 3 is 1.68 bits per heavy atom. The third kappa shape index (κ3) is 40.8. The van der Waals surface area contributed by atoms with E-state index in [4.69, 9.17) is 19.1 Å². The van der Waals surface area contributed by atoms with Crippen LogP contribution >= 0.6 is 7.82 Å². The largest absolute Gasteiger partial charge is 0.472 e. The number of aliphatic hydroxyl groups excluding tert-OH is 3. The molecule has 4 N–H and O–H groups in total. The van der Waals surface area contributed by atoms with Crippen molar-refractivity contribution in [1.82, 2.24) is 0 Å². The number of hydrogen-bond donors (Lipinski definition) is 4. The van der Waals surface area contributed by atoms with E-state index in [1.54, 1.807) is 12.2 Å². The van der Waals surface area contributed by atoms with Gasteiger partial charge in [-0.1, -0.05) is 178 Å². The second-order valence-electron chi connectivity index (χ2n) is 15.5. The molecule has 0 aliphatic heterocycles. The molecule has 0 heterocycles. The van der Waals surface area contributed by atoms with E-state index in [1.165, 1.54) is 77.0 Å². The van der Waals surface area contributed by atoms with Gasteiger partial charge in [-0.2, -0.15) is 0 Å². The van der Waals surface area contributed by atoms with E-state index in [-0.39, 0.29) is 19.4 Å². The third-order valence-electron chi connectivity index (χ3n) is 9.83. The number of phosphoric acid groups is 1. The predicted molar refractivity (Wildman–Crippen MR) is 239 cm³/mol. The summed E-state index contributed by atoms with van der Waals surface area (Å²) in [4.78, 5) is 35.1. The van der Waals surface area contributed by atoms with E-state index in [2.05, 4.69) is 61.8 Å². The summed E-state index contributed by atoms with van der Waals surface area (Å²) in [7, 11) is -4.68. The average molecular weight is 855 g/mol. The molecule has 0 aromatic rings. The molecular weight excluding hydrogens is 771 g/mol. The highest BCUT2D eigenvalue weighted by molar-refractivity contribution is 7.47. The molecule has 0 fully saturated rings. The lowest BCUT2D eigenvalue weighted by Crippen LogP contribution is -2.30. The van der Waals surface area contributed by atoms with Crippen LogP contribution in [0.5, 0.6) is 0 Å². The smallest absolute Gasteiger partial charge is 0.462 e. The Kier molecular flexibility index (Phi) is 39.4. The lowest BCUT2D eigenvalue weighted by molar-refractivity contribution is -0.161. The van der Waals surface area contributed by atoms with Crippen molar-refractivity contribution < 1.29 is 52.9 Å². The number of rotatable bonds is 41. The van der Waals surface area contributed by atoms with Crippen LogP contribution < -0.4 is 0 Å². The van der Waals surface area contributed by atoms with Crippen molar-refractivity contribution in [3.63, 3.8) is 0 Å². The standard InChI is InChI=1S/C47H83O11P/c1-4-6-7-8-9-10-11-14-18-21-24-27-30-34-43(49)35-32-37-47(52)58-45(41-57-59(53,54)56-39-44(50)38-48)40-55-46(51)36-31-28-25-22-19-16-13-12-15-17-20-23-26-29-33-42(3)5-2/h6-7,9-10,14,18,24,27,30,34,42-45,48-50H,4-5,8,11-13,15-17,19-23,25-26,28-29,31-33,35-41H2,1-3H3,(H,53,54)/b7-6-,10-9-,18-14-,27-24-,34-30+/t42?,43?,44-,45+/m0/s1. The van der Waals surface area contributed by atoms with Crippen molar-refractivity contribution in [2.45, 2.75) is 193 Å². The van der Waals surface area contributed by atoms with Gasteiger partial charge in [0.15, 0.2) is 6.10 Å². The molecule has 5 atom stereocenters. The first-order chi connectivity index (χ1) is 28.5. The first-order valence-corrected chi connectivity index (χ1v) is 24.2. The topological polar surface area (TPSA) is 169 Å². The fourth-order valence-electron chi connectivity index (χ4n) is 5.94. The highest BCUT2D eigenvalue weighted by Gasteiger charge is 2.27. The molecule has 12 heteroatoms. The summed E-state index contributed by atoms with van der Waals surface area (Å²) in [6.07, 6.45) is 40.7. The van der Waals surface area contributed by atoms with Gasteiger partial charge in [0.1, 0.15) is 12.7 Å². The summed E-state index contributed by atoms with van der Waals surface area (Å²) in [6.45, 7) is 4.41. The van der Waals surface area contributed by atoms with Gasteiger partial charge in [-0.3, -0.25) is 18.6 Å². The Morgan fingerprint density at radius 1 is 0.610 bits per heavy atom. The number of esters is 2. The zero-order valence-corrected chi connectivity index (χ0v) is 37.9. The molecule has 0 saturated heterocycles. The minimum Gasteiger partial charge on any atom is -0.462 e. The number of ether oxygens (including phenoxy) is 2. The number of phosphoric ester groups is 1. The van der Waals surface area contributed by atoms with Crippen LogP contribution in [0.4, 0.5) is 0 Å². The third-order valence-corrected chi connectivity index (χ3v) is 10.8. The summed E-state index contributed by atoms with van der Waals surface area (Å²) < 4.78 is 32.6. The Balaban J connectivity index is 4.45. The number of carbonyl (C=O) groups is 2. The van der Waals surface area contributed by atoms with Gasteiger partial charge >= 0.3 is 19.8 Å². The molecule has 0 bridgehead atoms. The van der Waals surface area contributed by atoms with Crippen LogP contribution in [0.15, 0.2) is 60.8 Å². The maximum absolute atomic E-state index is 12.6. The highest BCUT2D eigenvalue weighted by Crippen LogP contribution is 2.43. The number of unbranched alkanes of at least 4 members (excludes halogenated alkanes) is 13. The second kappa shape index (κ2) is 41.0. The van der Waals surface area contributed by atoms with Gasteiger partial charge in [0.2, 0.25) is 0 Å². The monoisotopic (exact) mass is 855 g/mol. The van der Waals surface area contributed by atoms with Crippen molar-refractivity contribution in [2.24, 2.45) is 5.92 Å². The molecule has 0 rings (SSSR count). The van der Waals surface area contributed by atoms with Gasteiger partial charge in [0.25, 0.3) is 0 Å². The number of hydrogen-bond acceptors (Lipinski definition) is 10. The molecule has 0 aliphatic rings. The van der Waals surface area contributed by atoms with Gasteiger partial charge in [-0.15, -0.1) is 0 Å². The summed E-state index contributed by atoms with van der Waals surface area (Å²) >= 11 is 0. The molecule has 0 amide bonds. The highest BCUT2D eigenvalue weighted by atomic mass is 31.2. The molecule has 0 aromatic heterocycles. The van der Waals surface area contributed by atoms with Crippen LogP contribution in [0.2, 0.25) is 0 Å². The Labute approximate surface area is 358 Å². The second-order valence-corrected chi connectivity index (χ2v) is 16.9. The fraction of sp³-hybridized carbons (Fsp3) is 0.745. The summed E-state index contributed by atoms with van der Waals surface area (Å²) in [6, 6.07) is 0. The predicted octanol–water partition coefficient (Wildman–Crippen LogP) is 11.1. The van der Waals surface area contributed by atoms with Crippen molar-refractivity contribution in [3.8, 4) is 0 Å². The van der Waals surface area contributed by atoms with E-state index >= 15 is 0 Å². The van der Waals surface area contributed by atoms with E-state index < -0.39 is 57.9 Å². The zero-order chi connectivity index (χ0) is 43.7. The minimum atomic E-state index is -4.68. The van der Waals surface area contributed by atoms with E-state index in [0.29, 0.717) is 19.3 Å². The summed E-state index contributed by atoms with van der Waals surface area (Å²) in [5, 5.41) is 28.6. The molecule has 0 spiro atoms. The molecular formula is C47H83O11P. The van der Waals surface area contributed by atoms with Crippen molar-refractivity contribution >= 4 is 19.8 Å². The first kappa shape index (κ1) is 56.6. The Bertz CT molecular complexity index is 1200. The van der Waals surface area contributed by atoms with E-state index in [0.717, 1.165) is 50.9 Å². The van der Waals surface area contributed by atoms with Crippen LogP contribution in [-0.2, 0) is 32.7 Å². The average Bonchev–Trinajstić information content (AvgIpc) is 3.22. The summed E-state index contributed by atoms with van der Waals surface area (Å²) in [5.41, 5.74) is 0. The zero-order valence-electron chi connectivity index (χ0n) is 37.0. The van der Waals surface area contributed by atoms with Crippen molar-refractivity contribution in [3.05, 3.63) is 60.8 Å². The molecule has 0 radical (unpaired) electrons. The van der Waals surface area contributed by atoms with Gasteiger partial charge in [0, 0.05) is 12.8 Å². The maximum atomic E-state index is 12.6. The molecule has 342 valence electrons. The SMILES string of the molecule is CC/C=C\C/C=C\C/C=C\C/C=C\C=C\C(O)CCCC(=O)O[C@H](COC(=O)CCCCCCCCCCCCCCCCC(C)CC)COP(=O)(O)OC[C@@H](O)CO. The van der Waals surface area contributed by atoms with Crippen LogP contribution in [0.1, 0.15) is 175 Å². The molecule has 0 saturated carbocycles. The molecule has 3 unspecified atom stereocenters. The van der Waals surface area contributed by atoms with Gasteiger partial charge < -0.3 is 29.7 Å². The van der Waals surface area contributed by atoms with Crippen LogP contribution in [0.25, 0.3) is 0 Å².